The topological polar surface area (TPSA) is 46.2 Å². The maximum Gasteiger partial charge on any atom is 0.0678 e. The lowest BCUT2D eigenvalue weighted by Gasteiger charge is -2.07. The van der Waals surface area contributed by atoms with Crippen LogP contribution in [0.4, 0.5) is 0 Å². The average molecular weight is 133 g/mol. The Bertz CT molecular complexity index is 78.8. The van der Waals surface area contributed by atoms with Gasteiger partial charge in [0.1, 0.15) is 0 Å². The van der Waals surface area contributed by atoms with E-state index in [1.165, 1.54) is 0 Å². The van der Waals surface area contributed by atoms with Crippen molar-refractivity contribution in [2.24, 2.45) is 11.7 Å². The highest BCUT2D eigenvalue weighted by Crippen LogP contribution is 2.22. The van der Waals surface area contributed by atoms with Crippen LogP contribution in [0.1, 0.15) is 0 Å². The second kappa shape index (κ2) is 2.71. The first-order chi connectivity index (χ1) is 3.84. The molecular weight excluding hydrogens is 122 g/mol. The van der Waals surface area contributed by atoms with Crippen molar-refractivity contribution < 1.29 is 5.11 Å². The molecule has 1 heterocycles. The van der Waals surface area contributed by atoms with Crippen LogP contribution in [0.3, 0.4) is 0 Å². The van der Waals surface area contributed by atoms with Crippen molar-refractivity contribution in [1.29, 1.82) is 0 Å². The van der Waals surface area contributed by atoms with Gasteiger partial charge in [0.15, 0.2) is 0 Å². The van der Waals surface area contributed by atoms with Crippen LogP contribution >= 0.6 is 11.8 Å². The summed E-state index contributed by atoms with van der Waals surface area (Å²) in [4.78, 5) is 0. The summed E-state index contributed by atoms with van der Waals surface area (Å²) >= 11 is 1.78. The number of aliphatic hydroxyl groups excluding tert-OH is 1. The summed E-state index contributed by atoms with van der Waals surface area (Å²) in [6, 6.07) is 0. The van der Waals surface area contributed by atoms with Gasteiger partial charge in [0.2, 0.25) is 0 Å². The Hall–Kier alpha value is 0.270. The van der Waals surface area contributed by atoms with Gasteiger partial charge in [0.05, 0.1) is 6.10 Å². The fraction of sp³-hybridized carbons (Fsp3) is 1.00. The Morgan fingerprint density at radius 3 is 2.62 bits per heavy atom. The van der Waals surface area contributed by atoms with E-state index in [-0.39, 0.29) is 6.10 Å². The molecule has 2 atom stereocenters. The van der Waals surface area contributed by atoms with Gasteiger partial charge in [-0.3, -0.25) is 0 Å². The van der Waals surface area contributed by atoms with E-state index in [4.69, 9.17) is 10.8 Å². The average Bonchev–Trinajstić information content (AvgIpc) is 2.14. The molecule has 48 valence electrons. The first-order valence-electron chi connectivity index (χ1n) is 2.80. The molecular formula is C5H11NOS. The molecule has 1 aliphatic rings. The smallest absolute Gasteiger partial charge is 0.0678 e. The molecule has 2 unspecified atom stereocenters. The van der Waals surface area contributed by atoms with Crippen LogP contribution in [0.15, 0.2) is 0 Å². The van der Waals surface area contributed by atoms with E-state index in [2.05, 4.69) is 0 Å². The molecule has 0 aromatic rings. The summed E-state index contributed by atoms with van der Waals surface area (Å²) in [5.41, 5.74) is 5.35. The number of nitrogens with two attached hydrogens (primary N) is 1. The minimum Gasteiger partial charge on any atom is -0.392 e. The quantitative estimate of drug-likeness (QED) is 0.515. The molecule has 0 amide bonds. The largest absolute Gasteiger partial charge is 0.392 e. The maximum absolute atomic E-state index is 9.09. The molecule has 0 aromatic carbocycles. The number of aliphatic hydroxyl groups is 1. The van der Waals surface area contributed by atoms with Crippen molar-refractivity contribution in [3.05, 3.63) is 0 Å². The molecule has 0 spiro atoms. The van der Waals surface area contributed by atoms with E-state index in [0.717, 1.165) is 11.5 Å². The van der Waals surface area contributed by atoms with Crippen molar-refractivity contribution in [3.63, 3.8) is 0 Å². The van der Waals surface area contributed by atoms with E-state index in [1.807, 2.05) is 0 Å². The molecule has 3 N–H and O–H groups in total. The normalized spacial score (nSPS) is 38.2. The van der Waals surface area contributed by atoms with Gasteiger partial charge in [-0.15, -0.1) is 0 Å². The zero-order valence-corrected chi connectivity index (χ0v) is 5.53. The van der Waals surface area contributed by atoms with Gasteiger partial charge >= 0.3 is 0 Å². The van der Waals surface area contributed by atoms with E-state index < -0.39 is 0 Å². The third-order valence-corrected chi connectivity index (χ3v) is 2.71. The minimum atomic E-state index is -0.134. The first kappa shape index (κ1) is 6.39. The molecule has 1 aliphatic heterocycles. The van der Waals surface area contributed by atoms with Crippen molar-refractivity contribution in [3.8, 4) is 0 Å². The van der Waals surface area contributed by atoms with E-state index in [9.17, 15) is 0 Å². The Kier molecular flexibility index (Phi) is 2.16. The van der Waals surface area contributed by atoms with Crippen LogP contribution in [-0.2, 0) is 0 Å². The Morgan fingerprint density at radius 2 is 2.38 bits per heavy atom. The number of rotatable bonds is 1. The molecule has 8 heavy (non-hydrogen) atoms. The van der Waals surface area contributed by atoms with Gasteiger partial charge in [0.25, 0.3) is 0 Å². The van der Waals surface area contributed by atoms with Gasteiger partial charge in [0, 0.05) is 11.7 Å². The lowest BCUT2D eigenvalue weighted by Crippen LogP contribution is -2.25. The lowest BCUT2D eigenvalue weighted by molar-refractivity contribution is 0.154. The standard InChI is InChI=1S/C5H11NOS/c6-1-4-2-8-3-5(4)7/h4-5,7H,1-3,6H2. The van der Waals surface area contributed by atoms with Gasteiger partial charge in [-0.1, -0.05) is 0 Å². The van der Waals surface area contributed by atoms with Crippen LogP contribution in [0.5, 0.6) is 0 Å². The highest BCUT2D eigenvalue weighted by Gasteiger charge is 2.23. The number of hydrogen-bond donors (Lipinski definition) is 2. The molecule has 3 heteroatoms. The highest BCUT2D eigenvalue weighted by molar-refractivity contribution is 7.99. The third-order valence-electron chi connectivity index (χ3n) is 1.47. The predicted molar refractivity (Wildman–Crippen MR) is 35.9 cm³/mol. The van der Waals surface area contributed by atoms with Crippen molar-refractivity contribution in [2.45, 2.75) is 6.10 Å². The summed E-state index contributed by atoms with van der Waals surface area (Å²) in [6.07, 6.45) is -0.134. The maximum atomic E-state index is 9.09. The fourth-order valence-corrected chi connectivity index (χ4v) is 2.12. The highest BCUT2D eigenvalue weighted by atomic mass is 32.2. The summed E-state index contributed by atoms with van der Waals surface area (Å²) in [6.45, 7) is 0.633. The zero-order chi connectivity index (χ0) is 5.98. The minimum absolute atomic E-state index is 0.134. The number of hydrogen-bond acceptors (Lipinski definition) is 3. The van der Waals surface area contributed by atoms with Crippen molar-refractivity contribution in [2.75, 3.05) is 18.1 Å². The number of thioether (sulfide) groups is 1. The van der Waals surface area contributed by atoms with Crippen LogP contribution in [0.25, 0.3) is 0 Å². The van der Waals surface area contributed by atoms with Gasteiger partial charge in [-0.05, 0) is 12.3 Å². The van der Waals surface area contributed by atoms with E-state index in [1.54, 1.807) is 11.8 Å². The predicted octanol–water partition coefficient (Wildman–Crippen LogP) is -0.331. The summed E-state index contributed by atoms with van der Waals surface area (Å²) in [7, 11) is 0. The second-order valence-electron chi connectivity index (χ2n) is 2.10. The lowest BCUT2D eigenvalue weighted by atomic mass is 10.1. The molecule has 0 radical (unpaired) electrons. The molecule has 2 nitrogen and oxygen atoms in total. The monoisotopic (exact) mass is 133 g/mol. The molecule has 0 bridgehead atoms. The molecule has 0 aliphatic carbocycles. The molecule has 1 saturated heterocycles. The summed E-state index contributed by atoms with van der Waals surface area (Å²) in [5.74, 6) is 2.28. The van der Waals surface area contributed by atoms with Gasteiger partial charge < -0.3 is 10.8 Å². The van der Waals surface area contributed by atoms with E-state index in [0.29, 0.717) is 12.5 Å². The van der Waals surface area contributed by atoms with Crippen LogP contribution < -0.4 is 5.73 Å². The van der Waals surface area contributed by atoms with Crippen molar-refractivity contribution >= 4 is 11.8 Å². The fourth-order valence-electron chi connectivity index (χ4n) is 0.812. The zero-order valence-electron chi connectivity index (χ0n) is 4.71. The first-order valence-corrected chi connectivity index (χ1v) is 3.96. The van der Waals surface area contributed by atoms with E-state index >= 15 is 0 Å². The summed E-state index contributed by atoms with van der Waals surface area (Å²) < 4.78 is 0. The Morgan fingerprint density at radius 1 is 1.62 bits per heavy atom. The van der Waals surface area contributed by atoms with Crippen molar-refractivity contribution in [1.82, 2.24) is 0 Å². The van der Waals surface area contributed by atoms with Gasteiger partial charge in [-0.2, -0.15) is 11.8 Å². The molecule has 1 rings (SSSR count). The van der Waals surface area contributed by atoms with Gasteiger partial charge in [-0.25, -0.2) is 0 Å². The SMILES string of the molecule is NCC1CSCC1O. The second-order valence-corrected chi connectivity index (χ2v) is 3.18. The molecule has 1 fully saturated rings. The Balaban J connectivity index is 2.30. The van der Waals surface area contributed by atoms with Crippen LogP contribution in [0.2, 0.25) is 0 Å². The molecule has 0 aromatic heterocycles. The summed E-state index contributed by atoms with van der Waals surface area (Å²) in [5, 5.41) is 9.09. The van der Waals surface area contributed by atoms with Crippen LogP contribution in [-0.4, -0.2) is 29.3 Å². The Labute approximate surface area is 53.5 Å². The third kappa shape index (κ3) is 1.16. The molecule has 0 saturated carbocycles. The van der Waals surface area contributed by atoms with Crippen LogP contribution in [0, 0.1) is 5.92 Å².